The molecule has 2 fully saturated rings. The molecule has 0 aromatic heterocycles. The minimum atomic E-state index is -5.51. The summed E-state index contributed by atoms with van der Waals surface area (Å²) < 4.78 is 73.8. The molecule has 130 valence electrons. The van der Waals surface area contributed by atoms with Crippen molar-refractivity contribution in [2.24, 2.45) is 29.6 Å². The highest BCUT2D eigenvalue weighted by Gasteiger charge is 2.68. The summed E-state index contributed by atoms with van der Waals surface area (Å²) >= 11 is 0. The third kappa shape index (κ3) is 2.37. The summed E-state index contributed by atoms with van der Waals surface area (Å²) in [5.74, 6) is -5.54. The number of alkyl halides is 5. The Morgan fingerprint density at radius 1 is 1.22 bits per heavy atom. The number of hydrogen-bond donors (Lipinski definition) is 0. The van der Waals surface area contributed by atoms with Crippen LogP contribution in [0, 0.1) is 29.6 Å². The predicted molar refractivity (Wildman–Crippen MR) is 68.3 cm³/mol. The lowest BCUT2D eigenvalue weighted by molar-refractivity contribution is -0.402. The average Bonchev–Trinajstić information content (AvgIpc) is 2.92. The van der Waals surface area contributed by atoms with E-state index < -0.39 is 36.9 Å². The smallest absolute Gasteiger partial charge is 0.418 e. The predicted octanol–water partition coefficient (Wildman–Crippen LogP) is 3.55. The fourth-order valence-electron chi connectivity index (χ4n) is 4.24. The molecule has 2 bridgehead atoms. The van der Waals surface area contributed by atoms with Crippen LogP contribution in [0.25, 0.3) is 0 Å². The Balaban J connectivity index is 1.76. The van der Waals surface area contributed by atoms with E-state index in [1.54, 1.807) is 0 Å². The summed E-state index contributed by atoms with van der Waals surface area (Å²) in [5, 5.41) is 0. The van der Waals surface area contributed by atoms with E-state index in [1.165, 1.54) is 0 Å². The largest absolute Gasteiger partial charge is 0.462 e. The second-order valence-corrected chi connectivity index (χ2v) is 6.35. The number of hydrogen-bond acceptors (Lipinski definition) is 3. The summed E-state index contributed by atoms with van der Waals surface area (Å²) in [7, 11) is 0. The molecule has 0 aromatic carbocycles. The number of halogens is 5. The Kier molecular flexibility index (Phi) is 3.93. The van der Waals surface area contributed by atoms with E-state index in [0.29, 0.717) is 12.3 Å². The SMILES string of the molecule is CCOC(OC(=O)C1CC2C3C=CC(C3)C12)(C(F)F)C(F)(F)F. The van der Waals surface area contributed by atoms with Gasteiger partial charge in [-0.15, -0.1) is 0 Å². The molecule has 3 rings (SSSR count). The van der Waals surface area contributed by atoms with Gasteiger partial charge < -0.3 is 9.47 Å². The zero-order chi connectivity index (χ0) is 17.0. The summed E-state index contributed by atoms with van der Waals surface area (Å²) in [4.78, 5) is 12.1. The number of ether oxygens (including phenoxy) is 2. The van der Waals surface area contributed by atoms with Crippen LogP contribution in [-0.2, 0) is 14.3 Å². The Morgan fingerprint density at radius 2 is 1.87 bits per heavy atom. The van der Waals surface area contributed by atoms with Crippen molar-refractivity contribution in [1.29, 1.82) is 0 Å². The van der Waals surface area contributed by atoms with E-state index in [1.807, 2.05) is 6.08 Å². The molecule has 2 saturated carbocycles. The first kappa shape index (κ1) is 16.7. The molecule has 0 N–H and O–H groups in total. The maximum absolute atomic E-state index is 13.1. The van der Waals surface area contributed by atoms with Crippen LogP contribution in [0.15, 0.2) is 12.2 Å². The number of esters is 1. The average molecular weight is 340 g/mol. The van der Waals surface area contributed by atoms with E-state index in [-0.39, 0.29) is 17.8 Å². The molecule has 0 amide bonds. The molecule has 3 aliphatic rings. The molecule has 0 aliphatic heterocycles. The van der Waals surface area contributed by atoms with E-state index in [0.717, 1.165) is 13.3 Å². The maximum Gasteiger partial charge on any atom is 0.462 e. The van der Waals surface area contributed by atoms with Gasteiger partial charge in [0.15, 0.2) is 0 Å². The van der Waals surface area contributed by atoms with Gasteiger partial charge in [-0.05, 0) is 43.4 Å². The lowest BCUT2D eigenvalue weighted by Gasteiger charge is -2.45. The van der Waals surface area contributed by atoms with Gasteiger partial charge in [0, 0.05) is 6.61 Å². The molecule has 0 radical (unpaired) electrons. The lowest BCUT2D eigenvalue weighted by atomic mass is 9.60. The van der Waals surface area contributed by atoms with E-state index >= 15 is 0 Å². The molecule has 3 nitrogen and oxygen atoms in total. The summed E-state index contributed by atoms with van der Waals surface area (Å²) in [6.45, 7) is 0.484. The topological polar surface area (TPSA) is 35.5 Å². The van der Waals surface area contributed by atoms with Crippen molar-refractivity contribution in [2.75, 3.05) is 6.61 Å². The summed E-state index contributed by atoms with van der Waals surface area (Å²) in [5.41, 5.74) is 0. The van der Waals surface area contributed by atoms with Gasteiger partial charge in [0.1, 0.15) is 0 Å². The van der Waals surface area contributed by atoms with Gasteiger partial charge >= 0.3 is 24.4 Å². The van der Waals surface area contributed by atoms with Crippen LogP contribution >= 0.6 is 0 Å². The van der Waals surface area contributed by atoms with Crippen molar-refractivity contribution >= 4 is 5.97 Å². The van der Waals surface area contributed by atoms with Gasteiger partial charge in [-0.2, -0.15) is 13.2 Å². The Labute approximate surface area is 129 Å². The van der Waals surface area contributed by atoms with Crippen molar-refractivity contribution in [2.45, 2.75) is 38.2 Å². The monoisotopic (exact) mass is 340 g/mol. The molecule has 0 aromatic rings. The number of carbonyl (C=O) groups is 1. The first-order valence-electron chi connectivity index (χ1n) is 7.61. The molecule has 3 aliphatic carbocycles. The van der Waals surface area contributed by atoms with Gasteiger partial charge in [-0.3, -0.25) is 4.79 Å². The van der Waals surface area contributed by atoms with Gasteiger partial charge in [-0.25, -0.2) is 8.78 Å². The minimum Gasteiger partial charge on any atom is -0.418 e. The van der Waals surface area contributed by atoms with Gasteiger partial charge in [-0.1, -0.05) is 12.2 Å². The molecule has 23 heavy (non-hydrogen) atoms. The normalized spacial score (nSPS) is 37.4. The highest BCUT2D eigenvalue weighted by molar-refractivity contribution is 5.75. The molecule has 0 spiro atoms. The van der Waals surface area contributed by atoms with E-state index in [4.69, 9.17) is 0 Å². The van der Waals surface area contributed by atoms with E-state index in [9.17, 15) is 26.7 Å². The molecular formula is C15H17F5O3. The number of carbonyl (C=O) groups excluding carboxylic acids is 1. The van der Waals surface area contributed by atoms with Crippen LogP contribution < -0.4 is 0 Å². The fourth-order valence-corrected chi connectivity index (χ4v) is 4.24. The van der Waals surface area contributed by atoms with E-state index in [2.05, 4.69) is 15.5 Å². The van der Waals surface area contributed by atoms with Crippen molar-refractivity contribution in [3.05, 3.63) is 12.2 Å². The van der Waals surface area contributed by atoms with Crippen LogP contribution in [0.1, 0.15) is 19.8 Å². The Hall–Kier alpha value is -1.18. The van der Waals surface area contributed by atoms with Gasteiger partial charge in [0.25, 0.3) is 0 Å². The second-order valence-electron chi connectivity index (χ2n) is 6.35. The van der Waals surface area contributed by atoms with Crippen molar-refractivity contribution in [3.8, 4) is 0 Å². The molecular weight excluding hydrogens is 323 g/mol. The van der Waals surface area contributed by atoms with Crippen molar-refractivity contribution in [1.82, 2.24) is 0 Å². The lowest BCUT2D eigenvalue weighted by Crippen LogP contribution is -2.58. The summed E-state index contributed by atoms with van der Waals surface area (Å²) in [6, 6.07) is 0. The quantitative estimate of drug-likeness (QED) is 0.332. The molecule has 0 heterocycles. The van der Waals surface area contributed by atoms with Gasteiger partial charge in [0.05, 0.1) is 5.92 Å². The first-order chi connectivity index (χ1) is 10.7. The standard InChI is InChI=1S/C15H17F5O3/c1-2-22-14(13(16)17,15(18,19)20)23-12(21)10-6-9-7-3-4-8(5-7)11(9)10/h3-4,7-11,13H,2,5-6H2,1H3. The third-order valence-corrected chi connectivity index (χ3v) is 5.28. The number of rotatable bonds is 5. The van der Waals surface area contributed by atoms with Crippen LogP contribution in [0.2, 0.25) is 0 Å². The zero-order valence-electron chi connectivity index (χ0n) is 12.4. The maximum atomic E-state index is 13.1. The molecule has 0 saturated heterocycles. The van der Waals surface area contributed by atoms with Gasteiger partial charge in [0.2, 0.25) is 0 Å². The zero-order valence-corrected chi connectivity index (χ0v) is 12.4. The van der Waals surface area contributed by atoms with Crippen molar-refractivity contribution in [3.63, 3.8) is 0 Å². The third-order valence-electron chi connectivity index (χ3n) is 5.28. The number of fused-ring (bicyclic) bond motifs is 5. The minimum absolute atomic E-state index is 0.0947. The molecule has 6 atom stereocenters. The molecule has 8 heteroatoms. The molecule has 6 unspecified atom stereocenters. The van der Waals surface area contributed by atoms with Crippen LogP contribution in [0.4, 0.5) is 22.0 Å². The highest BCUT2D eigenvalue weighted by Crippen LogP contribution is 2.61. The summed E-state index contributed by atoms with van der Waals surface area (Å²) in [6.07, 6.45) is -4.24. The van der Waals surface area contributed by atoms with Crippen LogP contribution in [-0.4, -0.2) is 31.0 Å². The Bertz CT molecular complexity index is 518. The van der Waals surface area contributed by atoms with Crippen LogP contribution in [0.5, 0.6) is 0 Å². The Morgan fingerprint density at radius 3 is 2.39 bits per heavy atom. The van der Waals surface area contributed by atoms with Crippen LogP contribution in [0.3, 0.4) is 0 Å². The number of allylic oxidation sites excluding steroid dienone is 2. The highest BCUT2D eigenvalue weighted by atomic mass is 19.4. The second kappa shape index (κ2) is 5.43. The fraction of sp³-hybridized carbons (Fsp3) is 0.800. The van der Waals surface area contributed by atoms with Crippen molar-refractivity contribution < 1.29 is 36.2 Å². The first-order valence-corrected chi connectivity index (χ1v) is 7.61.